The zero-order valence-electron chi connectivity index (χ0n) is 8.70. The van der Waals surface area contributed by atoms with Crippen LogP contribution in [-0.2, 0) is 9.53 Å². The molecule has 0 aromatic heterocycles. The van der Waals surface area contributed by atoms with Gasteiger partial charge in [0, 0.05) is 26.2 Å². The average Bonchev–Trinajstić information content (AvgIpc) is 2.18. The average molecular weight is 231 g/mol. The molecule has 0 saturated carbocycles. The van der Waals surface area contributed by atoms with E-state index in [4.69, 9.17) is 10.5 Å². The molecule has 6 heteroatoms. The first-order valence-electron chi connectivity index (χ1n) is 5.03. The second-order valence-electron chi connectivity index (χ2n) is 3.45. The lowest BCUT2D eigenvalue weighted by Crippen LogP contribution is -2.41. The molecule has 0 spiro atoms. The predicted molar refractivity (Wildman–Crippen MR) is 61.7 cm³/mol. The molecular formula is C9H17N3O2S. The van der Waals surface area contributed by atoms with Gasteiger partial charge in [-0.2, -0.15) is 0 Å². The lowest BCUT2D eigenvalue weighted by Gasteiger charge is -2.26. The number of nitrogens with zero attached hydrogens (tertiary/aromatic N) is 1. The molecule has 0 atom stereocenters. The van der Waals surface area contributed by atoms with E-state index in [9.17, 15) is 4.79 Å². The minimum absolute atomic E-state index is 0.101. The van der Waals surface area contributed by atoms with E-state index in [0.717, 1.165) is 32.8 Å². The fourth-order valence-electron chi connectivity index (χ4n) is 1.40. The summed E-state index contributed by atoms with van der Waals surface area (Å²) in [4.78, 5) is 13.7. The number of carbonyl (C=O) groups is 1. The molecule has 0 unspecified atom stereocenters. The highest BCUT2D eigenvalue weighted by Gasteiger charge is 2.10. The number of nitrogens with one attached hydrogen (secondary N) is 1. The second-order valence-corrected chi connectivity index (χ2v) is 3.97. The van der Waals surface area contributed by atoms with Gasteiger partial charge in [0.25, 0.3) is 0 Å². The van der Waals surface area contributed by atoms with Crippen LogP contribution in [0.15, 0.2) is 0 Å². The fraction of sp³-hybridized carbons (Fsp3) is 0.778. The molecule has 3 N–H and O–H groups in total. The third-order valence-electron chi connectivity index (χ3n) is 2.19. The maximum Gasteiger partial charge on any atom is 0.226 e. The first-order valence-corrected chi connectivity index (χ1v) is 5.44. The summed E-state index contributed by atoms with van der Waals surface area (Å²) >= 11 is 4.64. The van der Waals surface area contributed by atoms with Crippen LogP contribution in [0.1, 0.15) is 6.42 Å². The lowest BCUT2D eigenvalue weighted by atomic mass is 10.4. The molecule has 0 radical (unpaired) electrons. The standard InChI is InChI=1S/C9H17N3O2S/c10-8(15)7-9(13)11-1-2-12-3-5-14-6-4-12/h1-7H2,(H2,10,15)(H,11,13). The summed E-state index contributed by atoms with van der Waals surface area (Å²) in [5, 5.41) is 2.77. The van der Waals surface area contributed by atoms with Crippen LogP contribution < -0.4 is 11.1 Å². The Morgan fingerprint density at radius 1 is 1.47 bits per heavy atom. The Balaban J connectivity index is 2.04. The summed E-state index contributed by atoms with van der Waals surface area (Å²) in [6.07, 6.45) is 0.137. The van der Waals surface area contributed by atoms with Gasteiger partial charge >= 0.3 is 0 Å². The van der Waals surface area contributed by atoms with E-state index in [-0.39, 0.29) is 17.3 Å². The lowest BCUT2D eigenvalue weighted by molar-refractivity contribution is -0.119. The Morgan fingerprint density at radius 3 is 2.73 bits per heavy atom. The maximum atomic E-state index is 11.2. The van der Waals surface area contributed by atoms with Gasteiger partial charge in [-0.1, -0.05) is 12.2 Å². The summed E-state index contributed by atoms with van der Waals surface area (Å²) in [6, 6.07) is 0. The number of thiocarbonyl (C=S) groups is 1. The molecule has 1 saturated heterocycles. The van der Waals surface area contributed by atoms with Gasteiger partial charge in [-0.15, -0.1) is 0 Å². The van der Waals surface area contributed by atoms with Crippen LogP contribution in [0.2, 0.25) is 0 Å². The molecule has 0 aromatic carbocycles. The molecule has 86 valence electrons. The Kier molecular flexibility index (Phi) is 5.52. The van der Waals surface area contributed by atoms with E-state index in [0.29, 0.717) is 6.54 Å². The number of morpholine rings is 1. The number of rotatable bonds is 5. The monoisotopic (exact) mass is 231 g/mol. The summed E-state index contributed by atoms with van der Waals surface area (Å²) in [6.45, 7) is 4.92. The SMILES string of the molecule is NC(=S)CC(=O)NCCN1CCOCC1. The van der Waals surface area contributed by atoms with E-state index in [2.05, 4.69) is 22.4 Å². The highest BCUT2D eigenvalue weighted by Crippen LogP contribution is 1.94. The quantitative estimate of drug-likeness (QED) is 0.601. The molecule has 0 bridgehead atoms. The first kappa shape index (κ1) is 12.4. The molecule has 1 fully saturated rings. The van der Waals surface area contributed by atoms with Crippen LogP contribution in [0.25, 0.3) is 0 Å². The second kappa shape index (κ2) is 6.71. The number of nitrogens with two attached hydrogens (primary N) is 1. The van der Waals surface area contributed by atoms with Gasteiger partial charge in [-0.05, 0) is 0 Å². The van der Waals surface area contributed by atoms with Crippen molar-refractivity contribution < 1.29 is 9.53 Å². The van der Waals surface area contributed by atoms with Crippen molar-refractivity contribution in [2.24, 2.45) is 5.73 Å². The van der Waals surface area contributed by atoms with Crippen LogP contribution in [0.3, 0.4) is 0 Å². The van der Waals surface area contributed by atoms with E-state index < -0.39 is 0 Å². The van der Waals surface area contributed by atoms with Crippen LogP contribution in [0, 0.1) is 0 Å². The summed E-state index contributed by atoms with van der Waals surface area (Å²) in [5.41, 5.74) is 5.25. The van der Waals surface area contributed by atoms with Crippen molar-refractivity contribution in [1.29, 1.82) is 0 Å². The van der Waals surface area contributed by atoms with Crippen molar-refractivity contribution >= 4 is 23.1 Å². The third kappa shape index (κ3) is 5.66. The normalized spacial score (nSPS) is 17.3. The van der Waals surface area contributed by atoms with Crippen LogP contribution >= 0.6 is 12.2 Å². The van der Waals surface area contributed by atoms with Gasteiger partial charge in [0.05, 0.1) is 24.6 Å². The summed E-state index contributed by atoms with van der Waals surface area (Å²) in [7, 11) is 0. The smallest absolute Gasteiger partial charge is 0.226 e. The molecule has 1 aliphatic rings. The zero-order chi connectivity index (χ0) is 11.1. The minimum Gasteiger partial charge on any atom is -0.393 e. The van der Waals surface area contributed by atoms with E-state index >= 15 is 0 Å². The molecular weight excluding hydrogens is 214 g/mol. The molecule has 0 aromatic rings. The number of amides is 1. The van der Waals surface area contributed by atoms with E-state index in [1.807, 2.05) is 0 Å². The molecule has 1 aliphatic heterocycles. The highest BCUT2D eigenvalue weighted by molar-refractivity contribution is 7.80. The minimum atomic E-state index is -0.101. The highest BCUT2D eigenvalue weighted by atomic mass is 32.1. The van der Waals surface area contributed by atoms with E-state index in [1.54, 1.807) is 0 Å². The Hall–Kier alpha value is -0.720. The van der Waals surface area contributed by atoms with Crippen LogP contribution in [0.4, 0.5) is 0 Å². The predicted octanol–water partition coefficient (Wildman–Crippen LogP) is -0.889. The van der Waals surface area contributed by atoms with Gasteiger partial charge in [0.2, 0.25) is 5.91 Å². The molecule has 5 nitrogen and oxygen atoms in total. The zero-order valence-corrected chi connectivity index (χ0v) is 9.52. The molecule has 0 aliphatic carbocycles. The molecule has 1 rings (SSSR count). The number of hydrogen-bond acceptors (Lipinski definition) is 4. The van der Waals surface area contributed by atoms with Gasteiger partial charge in [0.15, 0.2) is 0 Å². The van der Waals surface area contributed by atoms with E-state index in [1.165, 1.54) is 0 Å². The molecule has 15 heavy (non-hydrogen) atoms. The van der Waals surface area contributed by atoms with Gasteiger partial charge in [-0.25, -0.2) is 0 Å². The Bertz CT molecular complexity index is 229. The third-order valence-corrected chi connectivity index (χ3v) is 2.33. The van der Waals surface area contributed by atoms with Gasteiger partial charge in [-0.3, -0.25) is 9.69 Å². The largest absolute Gasteiger partial charge is 0.393 e. The Morgan fingerprint density at radius 2 is 2.13 bits per heavy atom. The summed E-state index contributed by atoms with van der Waals surface area (Å²) in [5.74, 6) is -0.101. The van der Waals surface area contributed by atoms with Gasteiger partial charge in [0.1, 0.15) is 0 Å². The Labute approximate surface area is 94.9 Å². The summed E-state index contributed by atoms with van der Waals surface area (Å²) < 4.78 is 5.22. The van der Waals surface area contributed by atoms with Crippen molar-refractivity contribution in [2.45, 2.75) is 6.42 Å². The van der Waals surface area contributed by atoms with Crippen LogP contribution in [-0.4, -0.2) is 55.2 Å². The van der Waals surface area contributed by atoms with Crippen LogP contribution in [0.5, 0.6) is 0 Å². The topological polar surface area (TPSA) is 67.6 Å². The van der Waals surface area contributed by atoms with Crippen molar-refractivity contribution in [3.8, 4) is 0 Å². The van der Waals surface area contributed by atoms with Crippen molar-refractivity contribution in [3.05, 3.63) is 0 Å². The number of ether oxygens (including phenoxy) is 1. The van der Waals surface area contributed by atoms with Crippen molar-refractivity contribution in [3.63, 3.8) is 0 Å². The fourth-order valence-corrected chi connectivity index (χ4v) is 1.53. The molecule has 1 heterocycles. The number of carbonyl (C=O) groups excluding carboxylic acids is 1. The van der Waals surface area contributed by atoms with Crippen molar-refractivity contribution in [2.75, 3.05) is 39.4 Å². The first-order chi connectivity index (χ1) is 7.18. The van der Waals surface area contributed by atoms with Crippen molar-refractivity contribution in [1.82, 2.24) is 10.2 Å². The molecule has 1 amide bonds. The van der Waals surface area contributed by atoms with Gasteiger partial charge < -0.3 is 15.8 Å². The maximum absolute atomic E-state index is 11.2. The number of hydrogen-bond donors (Lipinski definition) is 2.